The summed E-state index contributed by atoms with van der Waals surface area (Å²) in [7, 11) is 0. The number of rotatable bonds is 3. The minimum absolute atomic E-state index is 0.123. The number of nitrogens with one attached hydrogen (secondary N) is 1. The molecule has 2 heterocycles. The molecular weight excluding hydrogens is 400 g/mol. The predicted octanol–water partition coefficient (Wildman–Crippen LogP) is 4.47. The lowest BCUT2D eigenvalue weighted by Crippen LogP contribution is -2.46. The summed E-state index contributed by atoms with van der Waals surface area (Å²) in [5, 5.41) is 11.9. The fraction of sp³-hybridized carbons (Fsp3) is 0.375. The predicted molar refractivity (Wildman–Crippen MR) is 84.0 cm³/mol. The van der Waals surface area contributed by atoms with Gasteiger partial charge in [0, 0.05) is 18.8 Å². The topological polar surface area (TPSA) is 58.0 Å². The zero-order valence-corrected chi connectivity index (χ0v) is 14.2. The molecule has 1 aliphatic rings. The lowest BCUT2D eigenvalue weighted by atomic mass is 9.76. The molecule has 0 amide bonds. The van der Waals surface area contributed by atoms with E-state index in [1.165, 1.54) is 6.07 Å². The second kappa shape index (κ2) is 6.52. The standard InChI is InChI=1S/C16H12ClF6N3O/c17-12-11-9(1-4-24-12)14(7-27,2-3-15(11,19)20)26-13-10(18)5-8(6-25-13)16(21,22)23/h1,4-6,27H,2-3,7H2,(H,25,26). The highest BCUT2D eigenvalue weighted by atomic mass is 35.5. The van der Waals surface area contributed by atoms with E-state index in [2.05, 4.69) is 15.3 Å². The molecule has 4 nitrogen and oxygen atoms in total. The molecule has 0 radical (unpaired) electrons. The number of aliphatic hydroxyl groups is 1. The van der Waals surface area contributed by atoms with Gasteiger partial charge in [0.25, 0.3) is 5.92 Å². The third-order valence-electron chi connectivity index (χ3n) is 4.45. The van der Waals surface area contributed by atoms with Gasteiger partial charge >= 0.3 is 6.18 Å². The normalized spacial score (nSPS) is 21.6. The van der Waals surface area contributed by atoms with Crippen LogP contribution in [0.3, 0.4) is 0 Å². The number of anilines is 1. The van der Waals surface area contributed by atoms with Gasteiger partial charge in [0.05, 0.1) is 23.3 Å². The Kier molecular flexibility index (Phi) is 4.75. The van der Waals surface area contributed by atoms with E-state index >= 15 is 0 Å². The van der Waals surface area contributed by atoms with Gasteiger partial charge in [0.1, 0.15) is 5.15 Å². The number of halogens is 7. The molecule has 146 valence electrons. The van der Waals surface area contributed by atoms with Crippen molar-refractivity contribution in [1.29, 1.82) is 0 Å². The van der Waals surface area contributed by atoms with Crippen LogP contribution in [0.5, 0.6) is 0 Å². The van der Waals surface area contributed by atoms with Gasteiger partial charge in [0.15, 0.2) is 11.6 Å². The maximum Gasteiger partial charge on any atom is 0.417 e. The van der Waals surface area contributed by atoms with Gasteiger partial charge in [-0.15, -0.1) is 0 Å². The highest BCUT2D eigenvalue weighted by molar-refractivity contribution is 6.30. The number of pyridine rings is 2. The van der Waals surface area contributed by atoms with Gasteiger partial charge in [-0.1, -0.05) is 11.6 Å². The summed E-state index contributed by atoms with van der Waals surface area (Å²) >= 11 is 5.80. The van der Waals surface area contributed by atoms with Crippen molar-refractivity contribution in [2.45, 2.75) is 30.5 Å². The minimum atomic E-state index is -4.79. The number of hydrogen-bond donors (Lipinski definition) is 2. The Labute approximate surface area is 154 Å². The van der Waals surface area contributed by atoms with Crippen molar-refractivity contribution < 1.29 is 31.4 Å². The van der Waals surface area contributed by atoms with Gasteiger partial charge < -0.3 is 10.4 Å². The molecule has 27 heavy (non-hydrogen) atoms. The van der Waals surface area contributed by atoms with E-state index in [9.17, 15) is 31.4 Å². The molecule has 0 bridgehead atoms. The van der Waals surface area contributed by atoms with Gasteiger partial charge in [-0.2, -0.15) is 13.2 Å². The van der Waals surface area contributed by atoms with Crippen LogP contribution in [-0.4, -0.2) is 21.7 Å². The Hall–Kier alpha value is -2.07. The van der Waals surface area contributed by atoms with E-state index in [1.54, 1.807) is 0 Å². The second-order valence-corrected chi connectivity index (χ2v) is 6.50. The Bertz CT molecular complexity index is 876. The number of fused-ring (bicyclic) bond motifs is 1. The number of aromatic nitrogens is 2. The summed E-state index contributed by atoms with van der Waals surface area (Å²) in [6.07, 6.45) is -4.31. The lowest BCUT2D eigenvalue weighted by Gasteiger charge is -2.41. The number of alkyl halides is 5. The fourth-order valence-corrected chi connectivity index (χ4v) is 3.35. The van der Waals surface area contributed by atoms with Crippen LogP contribution in [0.15, 0.2) is 24.5 Å². The van der Waals surface area contributed by atoms with E-state index in [0.29, 0.717) is 6.20 Å². The largest absolute Gasteiger partial charge is 0.417 e. The van der Waals surface area contributed by atoms with Gasteiger partial charge in [-0.25, -0.2) is 23.1 Å². The number of hydrogen-bond acceptors (Lipinski definition) is 4. The molecule has 2 aromatic rings. The number of aliphatic hydroxyl groups excluding tert-OH is 1. The second-order valence-electron chi connectivity index (χ2n) is 6.15. The Morgan fingerprint density at radius 3 is 2.52 bits per heavy atom. The van der Waals surface area contributed by atoms with Crippen LogP contribution < -0.4 is 5.32 Å². The van der Waals surface area contributed by atoms with Crippen molar-refractivity contribution in [2.75, 3.05) is 11.9 Å². The van der Waals surface area contributed by atoms with Crippen LogP contribution in [0.25, 0.3) is 0 Å². The first-order valence-corrected chi connectivity index (χ1v) is 8.03. The number of nitrogens with zero attached hydrogens (tertiary/aromatic N) is 2. The quantitative estimate of drug-likeness (QED) is 0.578. The van der Waals surface area contributed by atoms with Crippen LogP contribution >= 0.6 is 11.6 Å². The molecule has 0 aliphatic heterocycles. The molecule has 1 unspecified atom stereocenters. The maximum absolute atomic E-state index is 14.3. The van der Waals surface area contributed by atoms with Crippen molar-refractivity contribution in [1.82, 2.24) is 9.97 Å². The van der Waals surface area contributed by atoms with E-state index in [4.69, 9.17) is 11.6 Å². The van der Waals surface area contributed by atoms with Crippen molar-refractivity contribution in [3.05, 3.63) is 52.2 Å². The molecular formula is C16H12ClF6N3O. The summed E-state index contributed by atoms with van der Waals surface area (Å²) in [6.45, 7) is -0.751. The van der Waals surface area contributed by atoms with E-state index in [1.807, 2.05) is 0 Å². The molecule has 1 aliphatic carbocycles. The third kappa shape index (κ3) is 3.43. The van der Waals surface area contributed by atoms with Crippen molar-refractivity contribution >= 4 is 17.4 Å². The first-order chi connectivity index (χ1) is 12.5. The maximum atomic E-state index is 14.3. The molecule has 2 aromatic heterocycles. The van der Waals surface area contributed by atoms with Gasteiger partial charge in [-0.05, 0) is 24.1 Å². The Morgan fingerprint density at radius 2 is 1.93 bits per heavy atom. The molecule has 3 rings (SSSR count). The molecule has 0 saturated heterocycles. The van der Waals surface area contributed by atoms with Crippen molar-refractivity contribution in [3.8, 4) is 0 Å². The molecule has 1 atom stereocenters. The summed E-state index contributed by atoms with van der Waals surface area (Å²) < 4.78 is 80.7. The SMILES string of the molecule is OCC1(Nc2ncc(C(F)(F)F)cc2F)CCC(F)(F)c2c1ccnc2Cl. The summed E-state index contributed by atoms with van der Waals surface area (Å²) in [5.74, 6) is -5.27. The third-order valence-corrected chi connectivity index (χ3v) is 4.73. The van der Waals surface area contributed by atoms with Gasteiger partial charge in [-0.3, -0.25) is 0 Å². The van der Waals surface area contributed by atoms with Crippen LogP contribution in [0, 0.1) is 5.82 Å². The average Bonchev–Trinajstić information content (AvgIpc) is 2.58. The molecule has 11 heteroatoms. The zero-order valence-electron chi connectivity index (χ0n) is 13.4. The smallest absolute Gasteiger partial charge is 0.394 e. The van der Waals surface area contributed by atoms with Crippen molar-refractivity contribution in [3.63, 3.8) is 0 Å². The monoisotopic (exact) mass is 411 g/mol. The first kappa shape index (κ1) is 19.7. The van der Waals surface area contributed by atoms with Gasteiger partial charge in [0.2, 0.25) is 0 Å². The van der Waals surface area contributed by atoms with E-state index in [0.717, 1.165) is 6.20 Å². The van der Waals surface area contributed by atoms with Crippen LogP contribution in [0.2, 0.25) is 5.15 Å². The van der Waals surface area contributed by atoms with E-state index in [-0.39, 0.29) is 18.1 Å². The van der Waals surface area contributed by atoms with Crippen LogP contribution in [0.4, 0.5) is 32.2 Å². The first-order valence-electron chi connectivity index (χ1n) is 7.65. The van der Waals surface area contributed by atoms with Crippen molar-refractivity contribution in [2.24, 2.45) is 0 Å². The minimum Gasteiger partial charge on any atom is -0.394 e. The molecule has 2 N–H and O–H groups in total. The molecule has 0 fully saturated rings. The highest BCUT2D eigenvalue weighted by Crippen LogP contribution is 2.50. The Morgan fingerprint density at radius 1 is 1.22 bits per heavy atom. The highest BCUT2D eigenvalue weighted by Gasteiger charge is 2.50. The lowest BCUT2D eigenvalue weighted by molar-refractivity contribution is -0.138. The average molecular weight is 412 g/mol. The summed E-state index contributed by atoms with van der Waals surface area (Å²) in [5.41, 5.74) is -3.66. The van der Waals surface area contributed by atoms with Crippen LogP contribution in [-0.2, 0) is 17.6 Å². The summed E-state index contributed by atoms with van der Waals surface area (Å²) in [6, 6.07) is 1.43. The fourth-order valence-electron chi connectivity index (χ4n) is 3.06. The molecule has 0 saturated carbocycles. The van der Waals surface area contributed by atoms with Crippen LogP contribution in [0.1, 0.15) is 29.5 Å². The molecule has 0 aromatic carbocycles. The molecule has 0 spiro atoms. The van der Waals surface area contributed by atoms with E-state index < -0.39 is 58.6 Å². The Balaban J connectivity index is 2.07. The summed E-state index contributed by atoms with van der Waals surface area (Å²) in [4.78, 5) is 7.02. The zero-order chi connectivity index (χ0) is 20.0.